The summed E-state index contributed by atoms with van der Waals surface area (Å²) >= 11 is 0. The Morgan fingerprint density at radius 1 is 0.939 bits per heavy atom. The zero-order valence-corrected chi connectivity index (χ0v) is 19.5. The number of aromatic nitrogens is 4. The van der Waals surface area contributed by atoms with E-state index in [9.17, 15) is 13.2 Å². The second-order valence-corrected chi connectivity index (χ2v) is 9.55. The highest BCUT2D eigenvalue weighted by Crippen LogP contribution is 2.19. The minimum Gasteiger partial charge on any atom is -0.352 e. The molecule has 2 aromatic heterocycles. The van der Waals surface area contributed by atoms with E-state index in [1.807, 2.05) is 12.1 Å². The molecule has 0 atom stereocenters. The Labute approximate surface area is 193 Å². The van der Waals surface area contributed by atoms with Gasteiger partial charge in [0.25, 0.3) is 5.91 Å². The summed E-state index contributed by atoms with van der Waals surface area (Å²) < 4.78 is 28.5. The number of piperazine rings is 1. The van der Waals surface area contributed by atoms with Crippen molar-refractivity contribution in [2.45, 2.75) is 18.7 Å². The molecule has 0 aliphatic carbocycles. The second-order valence-electron chi connectivity index (χ2n) is 7.61. The molecule has 3 heterocycles. The number of hydrogen-bond donors (Lipinski definition) is 0. The third-order valence-corrected chi connectivity index (χ3v) is 7.80. The van der Waals surface area contributed by atoms with Gasteiger partial charge in [-0.25, -0.2) is 13.4 Å². The molecule has 1 aliphatic rings. The molecule has 0 unspecified atom stereocenters. The lowest BCUT2D eigenvalue weighted by atomic mass is 10.2. The van der Waals surface area contributed by atoms with Crippen LogP contribution in [0.15, 0.2) is 60.0 Å². The Hall–Kier alpha value is -3.31. The fourth-order valence-electron chi connectivity index (χ4n) is 3.82. The van der Waals surface area contributed by atoms with Gasteiger partial charge < -0.3 is 9.80 Å². The lowest BCUT2D eigenvalue weighted by Crippen LogP contribution is -2.49. The molecule has 3 aromatic rings. The number of carbonyl (C=O) groups excluding carboxylic acids is 1. The molecular formula is C22H27N7O3S. The van der Waals surface area contributed by atoms with Gasteiger partial charge in [0, 0.05) is 57.2 Å². The van der Waals surface area contributed by atoms with Crippen LogP contribution in [0.2, 0.25) is 0 Å². The monoisotopic (exact) mass is 469 g/mol. The van der Waals surface area contributed by atoms with E-state index in [0.29, 0.717) is 50.6 Å². The smallest absolute Gasteiger partial charge is 0.253 e. The van der Waals surface area contributed by atoms with Crippen molar-refractivity contribution in [1.82, 2.24) is 29.0 Å². The number of amides is 1. The first-order valence-electron chi connectivity index (χ1n) is 10.9. The largest absolute Gasteiger partial charge is 0.352 e. The van der Waals surface area contributed by atoms with E-state index in [1.165, 1.54) is 16.4 Å². The van der Waals surface area contributed by atoms with Crippen molar-refractivity contribution in [3.05, 3.63) is 60.7 Å². The van der Waals surface area contributed by atoms with Crippen molar-refractivity contribution in [1.29, 1.82) is 0 Å². The second kappa shape index (κ2) is 9.67. The lowest BCUT2D eigenvalue weighted by molar-refractivity contribution is 0.0746. The third kappa shape index (κ3) is 4.74. The van der Waals surface area contributed by atoms with E-state index in [-0.39, 0.29) is 10.8 Å². The highest BCUT2D eigenvalue weighted by Gasteiger charge is 2.25. The Balaban J connectivity index is 1.37. The first-order valence-corrected chi connectivity index (χ1v) is 12.3. The molecule has 0 N–H and O–H groups in total. The Morgan fingerprint density at radius 2 is 1.58 bits per heavy atom. The standard InChI is InChI=1S/C22H27N7O3S/c1-3-29(4-2)33(31,32)19-7-5-18(6-8-19)22(30)27-15-13-26(14-16-27)20-9-10-21(25-24-20)28-12-11-23-17-28/h5-12,17H,3-4,13-16H2,1-2H3. The first kappa shape index (κ1) is 22.9. The number of sulfonamides is 1. The van der Waals surface area contributed by atoms with Crippen molar-refractivity contribution in [2.24, 2.45) is 0 Å². The van der Waals surface area contributed by atoms with Crippen molar-refractivity contribution in [3.8, 4) is 5.82 Å². The average Bonchev–Trinajstić information content (AvgIpc) is 3.40. The molecule has 0 bridgehead atoms. The van der Waals surface area contributed by atoms with Gasteiger partial charge in [-0.3, -0.25) is 9.36 Å². The Morgan fingerprint density at radius 3 is 2.12 bits per heavy atom. The van der Waals surface area contributed by atoms with Crippen molar-refractivity contribution in [3.63, 3.8) is 0 Å². The van der Waals surface area contributed by atoms with Crippen LogP contribution in [0.4, 0.5) is 5.82 Å². The van der Waals surface area contributed by atoms with Crippen LogP contribution in [0.3, 0.4) is 0 Å². The minimum atomic E-state index is -3.54. The highest BCUT2D eigenvalue weighted by molar-refractivity contribution is 7.89. The van der Waals surface area contributed by atoms with Gasteiger partial charge in [-0.2, -0.15) is 4.31 Å². The summed E-state index contributed by atoms with van der Waals surface area (Å²) in [5.41, 5.74) is 0.478. The number of imidazole rings is 1. The minimum absolute atomic E-state index is 0.108. The summed E-state index contributed by atoms with van der Waals surface area (Å²) in [4.78, 5) is 21.0. The average molecular weight is 470 g/mol. The first-order chi connectivity index (χ1) is 15.9. The number of nitrogens with zero attached hydrogens (tertiary/aromatic N) is 7. The fourth-order valence-corrected chi connectivity index (χ4v) is 5.28. The summed E-state index contributed by atoms with van der Waals surface area (Å²) in [6, 6.07) is 9.99. The molecule has 10 nitrogen and oxygen atoms in total. The highest BCUT2D eigenvalue weighted by atomic mass is 32.2. The molecule has 1 aliphatic heterocycles. The zero-order valence-electron chi connectivity index (χ0n) is 18.7. The lowest BCUT2D eigenvalue weighted by Gasteiger charge is -2.35. The topological polar surface area (TPSA) is 105 Å². The number of hydrogen-bond acceptors (Lipinski definition) is 7. The van der Waals surface area contributed by atoms with E-state index in [1.54, 1.807) is 54.2 Å². The van der Waals surface area contributed by atoms with Crippen LogP contribution in [0.25, 0.3) is 5.82 Å². The van der Waals surface area contributed by atoms with Gasteiger partial charge in [0.2, 0.25) is 10.0 Å². The van der Waals surface area contributed by atoms with Crippen LogP contribution in [-0.4, -0.2) is 82.5 Å². The molecule has 1 aromatic carbocycles. The quantitative estimate of drug-likeness (QED) is 0.518. The zero-order chi connectivity index (χ0) is 23.4. The van der Waals surface area contributed by atoms with E-state index >= 15 is 0 Å². The molecule has 1 amide bonds. The maximum atomic E-state index is 12.9. The molecule has 11 heteroatoms. The molecule has 4 rings (SSSR count). The fraction of sp³-hybridized carbons (Fsp3) is 0.364. The molecule has 174 valence electrons. The molecule has 0 saturated carbocycles. The van der Waals surface area contributed by atoms with E-state index in [0.717, 1.165) is 5.82 Å². The summed E-state index contributed by atoms with van der Waals surface area (Å²) in [6.45, 7) is 6.78. The van der Waals surface area contributed by atoms with Crippen LogP contribution in [0, 0.1) is 0 Å². The normalized spacial score (nSPS) is 14.6. The van der Waals surface area contributed by atoms with E-state index in [4.69, 9.17) is 0 Å². The Bertz CT molecular complexity index is 1170. The third-order valence-electron chi connectivity index (χ3n) is 5.74. The van der Waals surface area contributed by atoms with Gasteiger partial charge in [-0.05, 0) is 36.4 Å². The Kier molecular flexibility index (Phi) is 6.70. The van der Waals surface area contributed by atoms with E-state index < -0.39 is 10.0 Å². The van der Waals surface area contributed by atoms with Crippen LogP contribution >= 0.6 is 0 Å². The summed E-state index contributed by atoms with van der Waals surface area (Å²) in [6.07, 6.45) is 5.16. The molecule has 1 saturated heterocycles. The van der Waals surface area contributed by atoms with E-state index in [2.05, 4.69) is 20.1 Å². The summed E-state index contributed by atoms with van der Waals surface area (Å²) in [5.74, 6) is 1.34. The number of benzene rings is 1. The van der Waals surface area contributed by atoms with Gasteiger partial charge in [-0.1, -0.05) is 13.8 Å². The van der Waals surface area contributed by atoms with Crippen LogP contribution in [0.5, 0.6) is 0 Å². The number of carbonyl (C=O) groups is 1. The maximum absolute atomic E-state index is 12.9. The molecule has 1 fully saturated rings. The van der Waals surface area contributed by atoms with Gasteiger partial charge in [-0.15, -0.1) is 10.2 Å². The summed E-state index contributed by atoms with van der Waals surface area (Å²) in [5, 5.41) is 8.56. The maximum Gasteiger partial charge on any atom is 0.253 e. The predicted molar refractivity (Wildman–Crippen MR) is 124 cm³/mol. The predicted octanol–water partition coefficient (Wildman–Crippen LogP) is 1.66. The van der Waals surface area contributed by atoms with Gasteiger partial charge in [0.1, 0.15) is 6.33 Å². The van der Waals surface area contributed by atoms with Crippen LogP contribution < -0.4 is 4.90 Å². The van der Waals surface area contributed by atoms with Crippen molar-refractivity contribution >= 4 is 21.7 Å². The molecule has 33 heavy (non-hydrogen) atoms. The molecule has 0 spiro atoms. The van der Waals surface area contributed by atoms with Gasteiger partial charge in [0.15, 0.2) is 11.6 Å². The van der Waals surface area contributed by atoms with Gasteiger partial charge in [0.05, 0.1) is 4.90 Å². The SMILES string of the molecule is CCN(CC)S(=O)(=O)c1ccc(C(=O)N2CCN(c3ccc(-n4ccnc4)nn3)CC2)cc1. The number of rotatable bonds is 7. The van der Waals surface area contributed by atoms with Crippen LogP contribution in [0.1, 0.15) is 24.2 Å². The summed E-state index contributed by atoms with van der Waals surface area (Å²) in [7, 11) is -3.54. The molecular weight excluding hydrogens is 442 g/mol. The van der Waals surface area contributed by atoms with Crippen molar-refractivity contribution in [2.75, 3.05) is 44.2 Å². The van der Waals surface area contributed by atoms with Gasteiger partial charge >= 0.3 is 0 Å². The number of anilines is 1. The van der Waals surface area contributed by atoms with Crippen molar-refractivity contribution < 1.29 is 13.2 Å². The van der Waals surface area contributed by atoms with Crippen LogP contribution in [-0.2, 0) is 10.0 Å². The molecule has 0 radical (unpaired) electrons.